The molecular weight excluding hydrogens is 332 g/mol. The highest BCUT2D eigenvalue weighted by molar-refractivity contribution is 5.74. The third kappa shape index (κ3) is 3.88. The molecule has 134 valence electrons. The molecule has 0 aliphatic heterocycles. The molecule has 0 aliphatic rings. The van der Waals surface area contributed by atoms with Crippen LogP contribution in [0.25, 0.3) is 5.65 Å². The van der Waals surface area contributed by atoms with Gasteiger partial charge in [0.1, 0.15) is 11.4 Å². The second-order valence-corrected chi connectivity index (χ2v) is 5.69. The number of rotatable bonds is 6. The number of nitrogens with zero attached hydrogens (tertiary/aromatic N) is 4. The summed E-state index contributed by atoms with van der Waals surface area (Å²) in [6, 6.07) is 11.1. The highest BCUT2D eigenvalue weighted by Gasteiger charge is 2.16. The van der Waals surface area contributed by atoms with Crippen LogP contribution in [0.15, 0.2) is 52.8 Å². The summed E-state index contributed by atoms with van der Waals surface area (Å²) in [7, 11) is 1.61. The van der Waals surface area contributed by atoms with E-state index in [9.17, 15) is 4.79 Å². The lowest BCUT2D eigenvalue weighted by molar-refractivity contribution is -0.142. The zero-order valence-electron chi connectivity index (χ0n) is 15.0. The SMILES string of the molecule is CCOC(=O)Cc1nc2cc(C)ccn2c1N=Nc1ccc(OC)cc1. The Labute approximate surface area is 151 Å². The van der Waals surface area contributed by atoms with Crippen LogP contribution in [-0.4, -0.2) is 29.1 Å². The van der Waals surface area contributed by atoms with Crippen molar-refractivity contribution in [3.63, 3.8) is 0 Å². The number of aromatic nitrogens is 2. The first-order valence-electron chi connectivity index (χ1n) is 8.29. The van der Waals surface area contributed by atoms with Gasteiger partial charge in [-0.25, -0.2) is 4.98 Å². The highest BCUT2D eigenvalue weighted by atomic mass is 16.5. The molecule has 26 heavy (non-hydrogen) atoms. The average molecular weight is 352 g/mol. The molecular formula is C19H20N4O3. The number of pyridine rings is 1. The molecule has 0 N–H and O–H groups in total. The van der Waals surface area contributed by atoms with Crippen molar-refractivity contribution in [2.24, 2.45) is 10.2 Å². The second kappa shape index (κ2) is 7.77. The Balaban J connectivity index is 1.98. The molecule has 0 bridgehead atoms. The summed E-state index contributed by atoms with van der Waals surface area (Å²) in [5, 5.41) is 8.61. The standard InChI is InChI=1S/C19H20N4O3/c1-4-26-18(24)12-16-19(23-10-9-13(2)11-17(23)20-16)22-21-14-5-7-15(25-3)8-6-14/h5-11H,4,12H2,1-3H3. The summed E-state index contributed by atoms with van der Waals surface area (Å²) < 4.78 is 12.0. The molecule has 2 heterocycles. The maximum Gasteiger partial charge on any atom is 0.312 e. The average Bonchev–Trinajstić information content (AvgIpc) is 2.96. The van der Waals surface area contributed by atoms with Crippen molar-refractivity contribution in [3.05, 3.63) is 53.9 Å². The number of fused-ring (bicyclic) bond motifs is 1. The van der Waals surface area contributed by atoms with Gasteiger partial charge in [-0.3, -0.25) is 9.20 Å². The van der Waals surface area contributed by atoms with Crippen LogP contribution in [0.3, 0.4) is 0 Å². The number of esters is 1. The topological polar surface area (TPSA) is 77.5 Å². The number of hydrogen-bond donors (Lipinski definition) is 0. The Morgan fingerprint density at radius 2 is 1.96 bits per heavy atom. The van der Waals surface area contributed by atoms with E-state index in [1.165, 1.54) is 0 Å². The number of carbonyl (C=O) groups is 1. The Kier molecular flexibility index (Phi) is 5.26. The van der Waals surface area contributed by atoms with Gasteiger partial charge in [0.15, 0.2) is 5.82 Å². The number of imidazole rings is 1. The number of azo groups is 1. The van der Waals surface area contributed by atoms with Gasteiger partial charge in [0, 0.05) is 6.20 Å². The first kappa shape index (κ1) is 17.6. The van der Waals surface area contributed by atoms with Gasteiger partial charge in [-0.15, -0.1) is 10.2 Å². The Hall–Kier alpha value is -3.22. The van der Waals surface area contributed by atoms with E-state index in [-0.39, 0.29) is 12.4 Å². The fraction of sp³-hybridized carbons (Fsp3) is 0.263. The third-order valence-electron chi connectivity index (χ3n) is 3.78. The van der Waals surface area contributed by atoms with E-state index in [2.05, 4.69) is 15.2 Å². The Morgan fingerprint density at radius 3 is 2.65 bits per heavy atom. The van der Waals surface area contributed by atoms with Crippen LogP contribution in [0, 0.1) is 6.92 Å². The summed E-state index contributed by atoms with van der Waals surface area (Å²) in [5.74, 6) is 0.926. The summed E-state index contributed by atoms with van der Waals surface area (Å²) >= 11 is 0. The molecule has 0 saturated heterocycles. The molecule has 2 aromatic heterocycles. The maximum atomic E-state index is 11.9. The molecule has 1 aromatic carbocycles. The number of ether oxygens (including phenoxy) is 2. The Bertz CT molecular complexity index is 945. The van der Waals surface area contributed by atoms with E-state index in [0.717, 1.165) is 11.3 Å². The fourth-order valence-electron chi connectivity index (χ4n) is 2.51. The zero-order chi connectivity index (χ0) is 18.5. The normalized spacial score (nSPS) is 11.2. The molecule has 0 saturated carbocycles. The van der Waals surface area contributed by atoms with Crippen LogP contribution in [0.1, 0.15) is 18.2 Å². The van der Waals surface area contributed by atoms with E-state index >= 15 is 0 Å². The molecule has 0 unspecified atom stereocenters. The van der Waals surface area contributed by atoms with Crippen molar-refractivity contribution in [1.82, 2.24) is 9.38 Å². The van der Waals surface area contributed by atoms with Crippen molar-refractivity contribution in [3.8, 4) is 5.75 Å². The van der Waals surface area contributed by atoms with Crippen LogP contribution in [-0.2, 0) is 16.0 Å². The van der Waals surface area contributed by atoms with Gasteiger partial charge < -0.3 is 9.47 Å². The first-order valence-corrected chi connectivity index (χ1v) is 8.29. The van der Waals surface area contributed by atoms with Crippen molar-refractivity contribution >= 4 is 23.1 Å². The predicted octanol–water partition coefficient (Wildman–Crippen LogP) is 4.17. The molecule has 0 spiro atoms. The minimum absolute atomic E-state index is 0.0472. The van der Waals surface area contributed by atoms with Crippen molar-refractivity contribution in [2.45, 2.75) is 20.3 Å². The minimum atomic E-state index is -0.339. The van der Waals surface area contributed by atoms with Gasteiger partial charge in [-0.1, -0.05) is 0 Å². The lowest BCUT2D eigenvalue weighted by atomic mass is 10.3. The fourth-order valence-corrected chi connectivity index (χ4v) is 2.51. The van der Waals surface area contributed by atoms with Crippen molar-refractivity contribution in [1.29, 1.82) is 0 Å². The molecule has 7 heteroatoms. The van der Waals surface area contributed by atoms with E-state index in [0.29, 0.717) is 29.5 Å². The molecule has 3 rings (SSSR count). The number of benzene rings is 1. The van der Waals surface area contributed by atoms with E-state index in [1.54, 1.807) is 26.2 Å². The number of carbonyl (C=O) groups excluding carboxylic acids is 1. The van der Waals surface area contributed by atoms with E-state index < -0.39 is 0 Å². The molecule has 3 aromatic rings. The molecule has 0 amide bonds. The summed E-state index contributed by atoms with van der Waals surface area (Å²) in [6.45, 7) is 4.08. The summed E-state index contributed by atoms with van der Waals surface area (Å²) in [4.78, 5) is 16.4. The van der Waals surface area contributed by atoms with Gasteiger partial charge in [-0.05, 0) is 55.8 Å². The minimum Gasteiger partial charge on any atom is -0.497 e. The van der Waals surface area contributed by atoms with Crippen LogP contribution in [0.4, 0.5) is 11.5 Å². The third-order valence-corrected chi connectivity index (χ3v) is 3.78. The maximum absolute atomic E-state index is 11.9. The van der Waals surface area contributed by atoms with Crippen LogP contribution >= 0.6 is 0 Å². The monoisotopic (exact) mass is 352 g/mol. The van der Waals surface area contributed by atoms with E-state index in [1.807, 2.05) is 41.8 Å². The van der Waals surface area contributed by atoms with Gasteiger partial charge in [0.05, 0.1) is 31.5 Å². The molecule has 0 aliphatic carbocycles. The molecule has 0 atom stereocenters. The Morgan fingerprint density at radius 1 is 1.19 bits per heavy atom. The quantitative estimate of drug-likeness (QED) is 0.493. The molecule has 0 radical (unpaired) electrons. The first-order chi connectivity index (χ1) is 12.6. The van der Waals surface area contributed by atoms with Crippen molar-refractivity contribution in [2.75, 3.05) is 13.7 Å². The number of aryl methyl sites for hydroxylation is 1. The highest BCUT2D eigenvalue weighted by Crippen LogP contribution is 2.26. The molecule has 7 nitrogen and oxygen atoms in total. The lowest BCUT2D eigenvalue weighted by Crippen LogP contribution is -2.07. The van der Waals surface area contributed by atoms with Crippen molar-refractivity contribution < 1.29 is 14.3 Å². The second-order valence-electron chi connectivity index (χ2n) is 5.69. The predicted molar refractivity (Wildman–Crippen MR) is 97.4 cm³/mol. The van der Waals surface area contributed by atoms with Gasteiger partial charge >= 0.3 is 5.97 Å². The van der Waals surface area contributed by atoms with E-state index in [4.69, 9.17) is 9.47 Å². The smallest absolute Gasteiger partial charge is 0.312 e. The van der Waals surface area contributed by atoms with Gasteiger partial charge in [-0.2, -0.15) is 0 Å². The summed E-state index contributed by atoms with van der Waals surface area (Å²) in [6.07, 6.45) is 1.92. The molecule has 0 fully saturated rings. The van der Waals surface area contributed by atoms with Crippen LogP contribution in [0.5, 0.6) is 5.75 Å². The van der Waals surface area contributed by atoms with Crippen LogP contribution < -0.4 is 4.74 Å². The van der Waals surface area contributed by atoms with Gasteiger partial charge in [0.2, 0.25) is 0 Å². The van der Waals surface area contributed by atoms with Crippen LogP contribution in [0.2, 0.25) is 0 Å². The zero-order valence-corrected chi connectivity index (χ0v) is 15.0. The number of hydrogen-bond acceptors (Lipinski definition) is 6. The lowest BCUT2D eigenvalue weighted by Gasteiger charge is -2.01. The number of methoxy groups -OCH3 is 1. The largest absolute Gasteiger partial charge is 0.497 e. The van der Waals surface area contributed by atoms with Gasteiger partial charge in [0.25, 0.3) is 0 Å². The summed E-state index contributed by atoms with van der Waals surface area (Å²) in [5.41, 5.74) is 3.00.